The van der Waals surface area contributed by atoms with E-state index in [1.54, 1.807) is 24.4 Å². The van der Waals surface area contributed by atoms with Crippen LogP contribution in [0.25, 0.3) is 10.9 Å². The fourth-order valence-corrected chi connectivity index (χ4v) is 2.58. The zero-order valence-corrected chi connectivity index (χ0v) is 13.2. The van der Waals surface area contributed by atoms with Crippen LogP contribution < -0.4 is 5.32 Å². The second kappa shape index (κ2) is 5.68. The lowest BCUT2D eigenvalue weighted by atomic mass is 10.0. The van der Waals surface area contributed by atoms with Crippen LogP contribution in [-0.2, 0) is 0 Å². The molecule has 23 heavy (non-hydrogen) atoms. The van der Waals surface area contributed by atoms with E-state index in [9.17, 15) is 9.59 Å². The van der Waals surface area contributed by atoms with Crippen LogP contribution in [0, 0.1) is 13.8 Å². The molecule has 1 amide bonds. The van der Waals surface area contributed by atoms with Crippen LogP contribution in [0.1, 0.15) is 38.8 Å². The van der Waals surface area contributed by atoms with Crippen molar-refractivity contribution in [1.29, 1.82) is 0 Å². The van der Waals surface area contributed by atoms with Crippen molar-refractivity contribution in [3.05, 3.63) is 58.8 Å². The van der Waals surface area contributed by atoms with E-state index in [0.29, 0.717) is 11.1 Å². The molecule has 0 aliphatic carbocycles. The van der Waals surface area contributed by atoms with Crippen molar-refractivity contribution in [3.63, 3.8) is 0 Å². The highest BCUT2D eigenvalue weighted by Crippen LogP contribution is 2.23. The van der Waals surface area contributed by atoms with Crippen molar-refractivity contribution < 1.29 is 9.59 Å². The summed E-state index contributed by atoms with van der Waals surface area (Å²) in [5.74, 6) is -0.290. The monoisotopic (exact) mass is 307 g/mol. The first kappa shape index (κ1) is 15.0. The average molecular weight is 307 g/mol. The summed E-state index contributed by atoms with van der Waals surface area (Å²) in [5, 5.41) is 10.8. The van der Waals surface area contributed by atoms with Crippen LogP contribution in [0.5, 0.6) is 0 Å². The summed E-state index contributed by atoms with van der Waals surface area (Å²) in [4.78, 5) is 24.1. The van der Waals surface area contributed by atoms with E-state index in [1.807, 2.05) is 26.0 Å². The minimum Gasteiger partial charge on any atom is -0.322 e. The Balaban J connectivity index is 1.92. The molecule has 2 aromatic carbocycles. The number of hydrogen-bond donors (Lipinski definition) is 2. The molecule has 3 aromatic rings. The third kappa shape index (κ3) is 2.85. The van der Waals surface area contributed by atoms with Crippen LogP contribution in [-0.4, -0.2) is 21.9 Å². The summed E-state index contributed by atoms with van der Waals surface area (Å²) in [5.41, 5.74) is 4.43. The van der Waals surface area contributed by atoms with Gasteiger partial charge in [-0.3, -0.25) is 14.7 Å². The number of nitrogens with one attached hydrogen (secondary N) is 2. The zero-order chi connectivity index (χ0) is 16.6. The quantitative estimate of drug-likeness (QED) is 0.725. The topological polar surface area (TPSA) is 74.8 Å². The Morgan fingerprint density at radius 3 is 2.61 bits per heavy atom. The molecule has 0 spiro atoms. The van der Waals surface area contributed by atoms with Crippen molar-refractivity contribution in [2.45, 2.75) is 20.8 Å². The fraction of sp³-hybridized carbons (Fsp3) is 0.167. The molecule has 0 bridgehead atoms. The first-order chi connectivity index (χ1) is 11.0. The summed E-state index contributed by atoms with van der Waals surface area (Å²) in [6.07, 6.45) is 1.74. The van der Waals surface area contributed by atoms with Crippen LogP contribution in [0.3, 0.4) is 0 Å². The predicted molar refractivity (Wildman–Crippen MR) is 90.0 cm³/mol. The van der Waals surface area contributed by atoms with Crippen LogP contribution >= 0.6 is 0 Å². The van der Waals surface area contributed by atoms with Gasteiger partial charge in [0.1, 0.15) is 0 Å². The van der Waals surface area contributed by atoms with Gasteiger partial charge in [-0.25, -0.2) is 0 Å². The summed E-state index contributed by atoms with van der Waals surface area (Å²) in [6.45, 7) is 5.28. The predicted octanol–water partition coefficient (Wildman–Crippen LogP) is 3.63. The number of fused-ring (bicyclic) bond motifs is 1. The number of ketones is 1. The second-order valence-corrected chi connectivity index (χ2v) is 5.66. The van der Waals surface area contributed by atoms with Crippen molar-refractivity contribution in [2.75, 3.05) is 5.32 Å². The van der Waals surface area contributed by atoms with Crippen molar-refractivity contribution >= 4 is 28.3 Å². The smallest absolute Gasteiger partial charge is 0.255 e. The highest BCUT2D eigenvalue weighted by molar-refractivity contribution is 6.07. The number of aryl methyl sites for hydroxylation is 2. The average Bonchev–Trinajstić information content (AvgIpc) is 2.94. The minimum absolute atomic E-state index is 0.0489. The van der Waals surface area contributed by atoms with Crippen LogP contribution in [0.15, 0.2) is 36.5 Å². The molecule has 0 aliphatic rings. The maximum absolute atomic E-state index is 12.5. The second-order valence-electron chi connectivity index (χ2n) is 5.66. The molecule has 5 nitrogen and oxygen atoms in total. The summed E-state index contributed by atoms with van der Waals surface area (Å²) >= 11 is 0. The number of aromatic amines is 1. The number of H-pyrrole nitrogens is 1. The van der Waals surface area contributed by atoms with Gasteiger partial charge in [-0.15, -0.1) is 0 Å². The number of carbonyl (C=O) groups is 2. The van der Waals surface area contributed by atoms with Gasteiger partial charge in [0.25, 0.3) is 5.91 Å². The highest BCUT2D eigenvalue weighted by Gasteiger charge is 2.12. The number of Topliss-reactive ketones (excluding diaryl/α,β-unsaturated/α-hetero) is 1. The Kier molecular flexibility index (Phi) is 3.70. The number of anilines is 1. The summed E-state index contributed by atoms with van der Waals surface area (Å²) < 4.78 is 0. The maximum atomic E-state index is 12.5. The molecule has 3 rings (SSSR count). The van der Waals surface area contributed by atoms with Gasteiger partial charge >= 0.3 is 0 Å². The molecular formula is C18H17N3O2. The number of rotatable bonds is 3. The lowest BCUT2D eigenvalue weighted by molar-refractivity contribution is 0.101. The first-order valence-electron chi connectivity index (χ1n) is 7.32. The van der Waals surface area contributed by atoms with Gasteiger partial charge in [0.05, 0.1) is 11.7 Å². The standard InChI is InChI=1S/C18H17N3O2/c1-10-4-5-13(7-15(10)12(3)22)18(23)20-16-8-17-14(6-11(16)2)9-19-21-17/h4-9H,1-3H3,(H,19,21)(H,20,23). The summed E-state index contributed by atoms with van der Waals surface area (Å²) in [6, 6.07) is 8.97. The third-order valence-electron chi connectivity index (χ3n) is 3.91. The Labute approximate surface area is 133 Å². The number of benzene rings is 2. The molecule has 0 radical (unpaired) electrons. The van der Waals surface area contributed by atoms with Crippen LogP contribution in [0.2, 0.25) is 0 Å². The van der Waals surface area contributed by atoms with Crippen molar-refractivity contribution in [1.82, 2.24) is 10.2 Å². The van der Waals surface area contributed by atoms with Gasteiger partial charge in [0, 0.05) is 22.2 Å². The SMILES string of the molecule is CC(=O)c1cc(C(=O)Nc2cc3[nH]ncc3cc2C)ccc1C. The highest BCUT2D eigenvalue weighted by atomic mass is 16.1. The minimum atomic E-state index is -0.241. The fourth-order valence-electron chi connectivity index (χ4n) is 2.58. The van der Waals surface area contributed by atoms with E-state index in [0.717, 1.165) is 27.7 Å². The molecule has 0 atom stereocenters. The van der Waals surface area contributed by atoms with Crippen molar-refractivity contribution in [3.8, 4) is 0 Å². The van der Waals surface area contributed by atoms with E-state index in [2.05, 4.69) is 15.5 Å². The molecule has 2 N–H and O–H groups in total. The van der Waals surface area contributed by atoms with E-state index >= 15 is 0 Å². The first-order valence-corrected chi connectivity index (χ1v) is 7.32. The lowest BCUT2D eigenvalue weighted by Crippen LogP contribution is -2.14. The molecule has 0 saturated carbocycles. The number of amides is 1. The molecule has 0 unspecified atom stereocenters. The Morgan fingerprint density at radius 1 is 1.09 bits per heavy atom. The number of nitrogens with zero attached hydrogens (tertiary/aromatic N) is 1. The molecule has 1 heterocycles. The molecule has 0 saturated heterocycles. The number of hydrogen-bond acceptors (Lipinski definition) is 3. The molecule has 0 aliphatic heterocycles. The summed E-state index contributed by atoms with van der Waals surface area (Å²) in [7, 11) is 0. The van der Waals surface area contributed by atoms with E-state index < -0.39 is 0 Å². The van der Waals surface area contributed by atoms with Crippen LogP contribution in [0.4, 0.5) is 5.69 Å². The molecular weight excluding hydrogens is 290 g/mol. The van der Waals surface area contributed by atoms with Gasteiger partial charge in [0.2, 0.25) is 0 Å². The van der Waals surface area contributed by atoms with Gasteiger partial charge in [-0.05, 0) is 56.2 Å². The molecule has 5 heteroatoms. The third-order valence-corrected chi connectivity index (χ3v) is 3.91. The Hall–Kier alpha value is -2.95. The van der Waals surface area contributed by atoms with Gasteiger partial charge in [0.15, 0.2) is 5.78 Å². The normalized spacial score (nSPS) is 10.7. The zero-order valence-electron chi connectivity index (χ0n) is 13.2. The van der Waals surface area contributed by atoms with E-state index in [4.69, 9.17) is 0 Å². The maximum Gasteiger partial charge on any atom is 0.255 e. The molecule has 0 fully saturated rings. The van der Waals surface area contributed by atoms with Crippen molar-refractivity contribution in [2.24, 2.45) is 0 Å². The number of carbonyl (C=O) groups excluding carboxylic acids is 2. The molecule has 1 aromatic heterocycles. The molecule has 116 valence electrons. The Bertz CT molecular complexity index is 925. The Morgan fingerprint density at radius 2 is 1.87 bits per heavy atom. The lowest BCUT2D eigenvalue weighted by Gasteiger charge is -2.10. The van der Waals surface area contributed by atoms with Gasteiger partial charge in [-0.1, -0.05) is 6.07 Å². The van der Waals surface area contributed by atoms with E-state index in [-0.39, 0.29) is 11.7 Å². The van der Waals surface area contributed by atoms with E-state index in [1.165, 1.54) is 6.92 Å². The van der Waals surface area contributed by atoms with Gasteiger partial charge in [-0.2, -0.15) is 5.10 Å². The number of aromatic nitrogens is 2. The van der Waals surface area contributed by atoms with Gasteiger partial charge < -0.3 is 5.32 Å². The largest absolute Gasteiger partial charge is 0.322 e.